The van der Waals surface area contributed by atoms with E-state index < -0.39 is 12.0 Å². The van der Waals surface area contributed by atoms with Crippen molar-refractivity contribution in [2.45, 2.75) is 25.0 Å². The molecule has 0 aliphatic carbocycles. The van der Waals surface area contributed by atoms with Gasteiger partial charge in [0.2, 0.25) is 5.91 Å². The summed E-state index contributed by atoms with van der Waals surface area (Å²) >= 11 is 0. The van der Waals surface area contributed by atoms with Gasteiger partial charge in [0.15, 0.2) is 5.78 Å². The van der Waals surface area contributed by atoms with E-state index in [9.17, 15) is 18.8 Å². The normalized spacial score (nSPS) is 20.9. The summed E-state index contributed by atoms with van der Waals surface area (Å²) in [6, 6.07) is 13.9. The molecule has 4 rings (SSSR count). The molecule has 2 aromatic carbocycles. The summed E-state index contributed by atoms with van der Waals surface area (Å²) in [6.07, 6.45) is 0.527. The third-order valence-electron chi connectivity index (χ3n) is 5.78. The molecule has 0 aromatic heterocycles. The van der Waals surface area contributed by atoms with Gasteiger partial charge in [-0.25, -0.2) is 4.39 Å². The number of ether oxygens (including phenoxy) is 1. The van der Waals surface area contributed by atoms with E-state index in [0.29, 0.717) is 18.5 Å². The molecule has 31 heavy (non-hydrogen) atoms. The largest absolute Gasteiger partial charge is 0.368 e. The third-order valence-corrected chi connectivity index (χ3v) is 5.78. The van der Waals surface area contributed by atoms with Crippen LogP contribution in [0.15, 0.2) is 66.9 Å². The first-order valence-electron chi connectivity index (χ1n) is 10.2. The van der Waals surface area contributed by atoms with E-state index in [2.05, 4.69) is 11.9 Å². The van der Waals surface area contributed by atoms with Crippen LogP contribution in [0.25, 0.3) is 0 Å². The number of Topliss-reactive ketones (excluding diaryl/α,β-unsaturated/α-hetero) is 1. The Morgan fingerprint density at radius 1 is 1.16 bits per heavy atom. The molecule has 160 valence electrons. The fourth-order valence-corrected chi connectivity index (χ4v) is 4.15. The SMILES string of the molecule is C=C(NC(=O)c1ccccc1)C(Cc1ccc(F)cc1)C(=O)N1CCC2OCC(=O)C21. The number of ketones is 1. The summed E-state index contributed by atoms with van der Waals surface area (Å²) in [6.45, 7) is 4.37. The predicted octanol–water partition coefficient (Wildman–Crippen LogP) is 2.50. The van der Waals surface area contributed by atoms with E-state index in [1.807, 2.05) is 0 Å². The van der Waals surface area contributed by atoms with Gasteiger partial charge in [-0.15, -0.1) is 0 Å². The fraction of sp³-hybridized carbons (Fsp3) is 0.292. The zero-order valence-electron chi connectivity index (χ0n) is 16.9. The number of fused-ring (bicyclic) bond motifs is 1. The van der Waals surface area contributed by atoms with E-state index >= 15 is 0 Å². The highest BCUT2D eigenvalue weighted by molar-refractivity contribution is 5.97. The van der Waals surface area contributed by atoms with Gasteiger partial charge in [-0.3, -0.25) is 14.4 Å². The van der Waals surface area contributed by atoms with Crippen molar-refractivity contribution < 1.29 is 23.5 Å². The molecule has 3 unspecified atom stereocenters. The molecule has 2 fully saturated rings. The smallest absolute Gasteiger partial charge is 0.255 e. The lowest BCUT2D eigenvalue weighted by Gasteiger charge is -2.28. The van der Waals surface area contributed by atoms with Crippen LogP contribution in [0, 0.1) is 11.7 Å². The van der Waals surface area contributed by atoms with E-state index in [1.54, 1.807) is 42.5 Å². The second kappa shape index (κ2) is 8.81. The summed E-state index contributed by atoms with van der Waals surface area (Å²) in [5, 5.41) is 2.73. The number of nitrogens with one attached hydrogen (secondary N) is 1. The van der Waals surface area contributed by atoms with Gasteiger partial charge in [0.05, 0.1) is 12.0 Å². The van der Waals surface area contributed by atoms with E-state index in [0.717, 1.165) is 5.56 Å². The van der Waals surface area contributed by atoms with Crippen molar-refractivity contribution in [2.75, 3.05) is 13.2 Å². The number of likely N-dealkylation sites (tertiary alicyclic amines) is 1. The number of benzene rings is 2. The first-order valence-corrected chi connectivity index (χ1v) is 10.2. The molecule has 0 radical (unpaired) electrons. The number of hydrogen-bond acceptors (Lipinski definition) is 4. The van der Waals surface area contributed by atoms with Gasteiger partial charge < -0.3 is 15.0 Å². The molecule has 6 nitrogen and oxygen atoms in total. The number of hydrogen-bond donors (Lipinski definition) is 1. The Morgan fingerprint density at radius 2 is 1.87 bits per heavy atom. The molecular weight excluding hydrogens is 399 g/mol. The minimum absolute atomic E-state index is 0.00737. The van der Waals surface area contributed by atoms with Crippen LogP contribution in [0.1, 0.15) is 22.3 Å². The van der Waals surface area contributed by atoms with Gasteiger partial charge in [0.25, 0.3) is 5.91 Å². The Kier molecular flexibility index (Phi) is 5.95. The van der Waals surface area contributed by atoms with Crippen LogP contribution in [0.4, 0.5) is 4.39 Å². The number of carbonyl (C=O) groups is 3. The molecule has 2 aliphatic rings. The zero-order valence-corrected chi connectivity index (χ0v) is 16.9. The quantitative estimate of drug-likeness (QED) is 0.776. The lowest BCUT2D eigenvalue weighted by atomic mass is 9.94. The summed E-state index contributed by atoms with van der Waals surface area (Å²) in [5.41, 5.74) is 1.40. The van der Waals surface area contributed by atoms with Crippen LogP contribution in [0.3, 0.4) is 0 Å². The predicted molar refractivity (Wildman–Crippen MR) is 112 cm³/mol. The molecule has 2 aromatic rings. The van der Waals surface area contributed by atoms with Gasteiger partial charge in [0.1, 0.15) is 18.5 Å². The Bertz CT molecular complexity index is 1010. The number of carbonyl (C=O) groups excluding carboxylic acids is 3. The van der Waals surface area contributed by atoms with Gasteiger partial charge in [-0.2, -0.15) is 0 Å². The number of halogens is 1. The average Bonchev–Trinajstić information content (AvgIpc) is 3.36. The lowest BCUT2D eigenvalue weighted by molar-refractivity contribution is -0.139. The van der Waals surface area contributed by atoms with Crippen LogP contribution < -0.4 is 5.32 Å². The van der Waals surface area contributed by atoms with Gasteiger partial charge in [-0.1, -0.05) is 36.9 Å². The van der Waals surface area contributed by atoms with E-state index in [-0.39, 0.29) is 48.2 Å². The van der Waals surface area contributed by atoms with E-state index in [1.165, 1.54) is 17.0 Å². The standard InChI is InChI=1S/C24H23FN2O4/c1-15(26-23(29)17-5-3-2-4-6-17)19(13-16-7-9-18(25)10-8-16)24(30)27-12-11-21-22(27)20(28)14-31-21/h2-10,19,21-22H,1,11-14H2,(H,26,29). The highest BCUT2D eigenvalue weighted by Crippen LogP contribution is 2.30. The average molecular weight is 422 g/mol. The molecule has 0 bridgehead atoms. The zero-order chi connectivity index (χ0) is 22.0. The second-order valence-electron chi connectivity index (χ2n) is 7.81. The van der Waals surface area contributed by atoms with Crippen molar-refractivity contribution in [1.29, 1.82) is 0 Å². The fourth-order valence-electron chi connectivity index (χ4n) is 4.15. The number of amides is 2. The summed E-state index contributed by atoms with van der Waals surface area (Å²) in [5.74, 6) is -1.96. The van der Waals surface area contributed by atoms with Crippen molar-refractivity contribution in [2.24, 2.45) is 5.92 Å². The van der Waals surface area contributed by atoms with Crippen molar-refractivity contribution in [1.82, 2.24) is 10.2 Å². The van der Waals surface area contributed by atoms with Crippen molar-refractivity contribution in [3.63, 3.8) is 0 Å². The van der Waals surface area contributed by atoms with Gasteiger partial charge in [-0.05, 0) is 42.7 Å². The Labute approximate surface area is 179 Å². The third kappa shape index (κ3) is 4.41. The topological polar surface area (TPSA) is 75.7 Å². The Balaban J connectivity index is 1.57. The van der Waals surface area contributed by atoms with Crippen LogP contribution in [0.5, 0.6) is 0 Å². The summed E-state index contributed by atoms with van der Waals surface area (Å²) in [4.78, 5) is 39.9. The highest BCUT2D eigenvalue weighted by atomic mass is 19.1. The molecule has 0 saturated carbocycles. The molecule has 2 aliphatic heterocycles. The molecule has 1 N–H and O–H groups in total. The van der Waals surface area contributed by atoms with Gasteiger partial charge in [0, 0.05) is 17.8 Å². The maximum atomic E-state index is 13.5. The summed E-state index contributed by atoms with van der Waals surface area (Å²) in [7, 11) is 0. The van der Waals surface area contributed by atoms with Crippen molar-refractivity contribution >= 4 is 17.6 Å². The molecule has 0 spiro atoms. The molecule has 3 atom stereocenters. The van der Waals surface area contributed by atoms with Crippen molar-refractivity contribution in [3.8, 4) is 0 Å². The molecule has 2 saturated heterocycles. The Hall–Kier alpha value is -3.32. The minimum atomic E-state index is -0.801. The highest BCUT2D eigenvalue weighted by Gasteiger charge is 2.48. The maximum Gasteiger partial charge on any atom is 0.255 e. The molecule has 2 heterocycles. The Morgan fingerprint density at radius 3 is 2.58 bits per heavy atom. The molecular formula is C24H23FN2O4. The molecule has 7 heteroatoms. The maximum absolute atomic E-state index is 13.5. The first kappa shape index (κ1) is 20.9. The minimum Gasteiger partial charge on any atom is -0.368 e. The second-order valence-corrected chi connectivity index (χ2v) is 7.81. The summed E-state index contributed by atoms with van der Waals surface area (Å²) < 4.78 is 18.8. The van der Waals surface area contributed by atoms with Crippen LogP contribution >= 0.6 is 0 Å². The monoisotopic (exact) mass is 422 g/mol. The van der Waals surface area contributed by atoms with Crippen LogP contribution in [0.2, 0.25) is 0 Å². The number of rotatable bonds is 6. The van der Waals surface area contributed by atoms with Crippen molar-refractivity contribution in [3.05, 3.63) is 83.8 Å². The van der Waals surface area contributed by atoms with Crippen LogP contribution in [-0.2, 0) is 20.7 Å². The first-order chi connectivity index (χ1) is 14.9. The molecule has 2 amide bonds. The van der Waals surface area contributed by atoms with Gasteiger partial charge >= 0.3 is 0 Å². The van der Waals surface area contributed by atoms with E-state index in [4.69, 9.17) is 4.74 Å². The van der Waals surface area contributed by atoms with Crippen LogP contribution in [-0.4, -0.2) is 47.8 Å². The number of nitrogens with zero attached hydrogens (tertiary/aromatic N) is 1. The lowest BCUT2D eigenvalue weighted by Crippen LogP contribution is -2.47.